The van der Waals surface area contributed by atoms with E-state index >= 15 is 0 Å². The number of anilines is 2. The molecule has 1 saturated carbocycles. The highest BCUT2D eigenvalue weighted by Crippen LogP contribution is 2.43. The lowest BCUT2D eigenvalue weighted by Crippen LogP contribution is -2.43. The lowest BCUT2D eigenvalue weighted by molar-refractivity contribution is 0.102. The van der Waals surface area contributed by atoms with Crippen LogP contribution in [0.3, 0.4) is 0 Å². The summed E-state index contributed by atoms with van der Waals surface area (Å²) < 4.78 is 34.9. The number of aromatic nitrogens is 4. The summed E-state index contributed by atoms with van der Waals surface area (Å²) in [4.78, 5) is 24.0. The number of rotatable bonds is 5. The number of amides is 1. The zero-order chi connectivity index (χ0) is 24.1. The number of halogens is 2. The number of hydrogen-bond acceptors (Lipinski definition) is 7. The molecule has 2 aliphatic rings. The van der Waals surface area contributed by atoms with Crippen molar-refractivity contribution in [3.05, 3.63) is 59.6 Å². The van der Waals surface area contributed by atoms with Crippen molar-refractivity contribution < 1.29 is 18.1 Å². The standard InChI is InChI=1S/C24H23F2N7O2/c1-13-17(25)8-14(22-30-24(35-31-22)16-11-18(16)26)9-19(13)29-23(34)20-12-28-21-10-15(2-5-33(20)21)32-6-3-27-4-7-32/h2,5,8-10,12,16,18,27H,3-4,6-7,11H2,1H3,(H,29,34)/t16-,18-/m1/s1. The maximum Gasteiger partial charge on any atom is 0.274 e. The van der Waals surface area contributed by atoms with Gasteiger partial charge in [0.05, 0.1) is 12.1 Å². The van der Waals surface area contributed by atoms with Crippen molar-refractivity contribution in [2.45, 2.75) is 25.4 Å². The van der Waals surface area contributed by atoms with Crippen molar-refractivity contribution >= 4 is 22.9 Å². The molecule has 0 radical (unpaired) electrons. The van der Waals surface area contributed by atoms with Crippen LogP contribution < -0.4 is 15.5 Å². The summed E-state index contributed by atoms with van der Waals surface area (Å²) in [6.07, 6.45) is 2.68. The minimum absolute atomic E-state index is 0.142. The van der Waals surface area contributed by atoms with Gasteiger partial charge in [-0.05, 0) is 31.5 Å². The van der Waals surface area contributed by atoms with E-state index < -0.39 is 23.8 Å². The van der Waals surface area contributed by atoms with Gasteiger partial charge in [0.1, 0.15) is 23.3 Å². The SMILES string of the molecule is Cc1c(F)cc(-c2noc([C@@H]3C[C@H]3F)n2)cc1NC(=O)c1cnc2cc(N3CCNCC3)ccn12. The predicted molar refractivity (Wildman–Crippen MR) is 125 cm³/mol. The lowest BCUT2D eigenvalue weighted by Gasteiger charge is -2.29. The second-order valence-electron chi connectivity index (χ2n) is 8.89. The average Bonchev–Trinajstić information content (AvgIpc) is 3.25. The van der Waals surface area contributed by atoms with E-state index in [1.54, 1.807) is 17.4 Å². The smallest absolute Gasteiger partial charge is 0.274 e. The van der Waals surface area contributed by atoms with Crippen molar-refractivity contribution in [3.8, 4) is 11.4 Å². The number of carbonyl (C=O) groups is 1. The van der Waals surface area contributed by atoms with Crippen molar-refractivity contribution in [1.82, 2.24) is 24.8 Å². The number of nitrogens with zero attached hydrogens (tertiary/aromatic N) is 5. The molecule has 4 aromatic rings. The molecule has 1 amide bonds. The maximum absolute atomic E-state index is 14.7. The first-order chi connectivity index (χ1) is 17.0. The molecule has 0 unspecified atom stereocenters. The number of alkyl halides is 1. The molecule has 1 aromatic carbocycles. The first kappa shape index (κ1) is 21.7. The fourth-order valence-electron chi connectivity index (χ4n) is 4.30. The minimum atomic E-state index is -0.980. The Labute approximate surface area is 199 Å². The van der Waals surface area contributed by atoms with Gasteiger partial charge in [-0.25, -0.2) is 13.8 Å². The summed E-state index contributed by atoms with van der Waals surface area (Å²) in [6.45, 7) is 5.22. The van der Waals surface area contributed by atoms with Crippen LogP contribution in [-0.4, -0.2) is 57.8 Å². The Balaban J connectivity index is 1.26. The summed E-state index contributed by atoms with van der Waals surface area (Å²) in [5.74, 6) is -1.02. The Kier molecular flexibility index (Phi) is 5.21. The van der Waals surface area contributed by atoms with Gasteiger partial charge >= 0.3 is 0 Å². The van der Waals surface area contributed by atoms with Crippen LogP contribution in [0.5, 0.6) is 0 Å². The van der Waals surface area contributed by atoms with E-state index in [4.69, 9.17) is 4.52 Å². The van der Waals surface area contributed by atoms with Crippen LogP contribution in [0.4, 0.5) is 20.2 Å². The van der Waals surface area contributed by atoms with Crippen LogP contribution in [0, 0.1) is 12.7 Å². The molecular weight excluding hydrogens is 456 g/mol. The van der Waals surface area contributed by atoms with Gasteiger partial charge in [0.2, 0.25) is 11.7 Å². The van der Waals surface area contributed by atoms with Crippen LogP contribution in [0.25, 0.3) is 17.0 Å². The molecule has 1 aliphatic heterocycles. The van der Waals surface area contributed by atoms with Crippen molar-refractivity contribution in [1.29, 1.82) is 0 Å². The number of benzene rings is 1. The summed E-state index contributed by atoms with van der Waals surface area (Å²) in [5.41, 5.74) is 2.89. The highest BCUT2D eigenvalue weighted by atomic mass is 19.1. The highest BCUT2D eigenvalue weighted by Gasteiger charge is 2.43. The van der Waals surface area contributed by atoms with Gasteiger partial charge in [-0.2, -0.15) is 4.98 Å². The largest absolute Gasteiger partial charge is 0.369 e. The molecule has 9 nitrogen and oxygen atoms in total. The monoisotopic (exact) mass is 479 g/mol. The number of hydrogen-bond donors (Lipinski definition) is 2. The normalized spacial score (nSPS) is 19.8. The molecule has 1 saturated heterocycles. The van der Waals surface area contributed by atoms with Crippen molar-refractivity contribution in [2.75, 3.05) is 36.4 Å². The molecule has 6 rings (SSSR count). The Morgan fingerprint density at radius 3 is 2.83 bits per heavy atom. The Morgan fingerprint density at radius 2 is 2.06 bits per heavy atom. The predicted octanol–water partition coefficient (Wildman–Crippen LogP) is 3.32. The second kappa shape index (κ2) is 8.42. The molecule has 35 heavy (non-hydrogen) atoms. The van der Waals surface area contributed by atoms with E-state index in [2.05, 4.69) is 30.7 Å². The Hall–Kier alpha value is -3.86. The van der Waals surface area contributed by atoms with Crippen LogP contribution in [0.2, 0.25) is 0 Å². The molecule has 2 N–H and O–H groups in total. The van der Waals surface area contributed by atoms with E-state index in [1.165, 1.54) is 12.3 Å². The van der Waals surface area contributed by atoms with Gasteiger partial charge in [0, 0.05) is 60.9 Å². The molecule has 1 aliphatic carbocycles. The number of imidazole rings is 1. The molecule has 0 spiro atoms. The van der Waals surface area contributed by atoms with E-state index in [0.717, 1.165) is 31.9 Å². The van der Waals surface area contributed by atoms with Crippen LogP contribution in [0.1, 0.15) is 34.3 Å². The summed E-state index contributed by atoms with van der Waals surface area (Å²) in [6, 6.07) is 6.75. The quantitative estimate of drug-likeness (QED) is 0.453. The number of nitrogens with one attached hydrogen (secondary N) is 2. The first-order valence-electron chi connectivity index (χ1n) is 11.5. The number of carbonyl (C=O) groups excluding carboxylic acids is 1. The topological polar surface area (TPSA) is 101 Å². The molecule has 11 heteroatoms. The minimum Gasteiger partial charge on any atom is -0.369 e. The van der Waals surface area contributed by atoms with Gasteiger partial charge in [0.25, 0.3) is 5.91 Å². The van der Waals surface area contributed by atoms with Crippen LogP contribution >= 0.6 is 0 Å². The fourth-order valence-corrected chi connectivity index (χ4v) is 4.30. The van der Waals surface area contributed by atoms with Gasteiger partial charge < -0.3 is 20.1 Å². The van der Waals surface area contributed by atoms with Gasteiger partial charge in [-0.1, -0.05) is 5.16 Å². The van der Waals surface area contributed by atoms with E-state index in [1.807, 2.05) is 18.3 Å². The Morgan fingerprint density at radius 1 is 1.26 bits per heavy atom. The maximum atomic E-state index is 14.7. The summed E-state index contributed by atoms with van der Waals surface area (Å²) in [7, 11) is 0. The summed E-state index contributed by atoms with van der Waals surface area (Å²) in [5, 5.41) is 9.96. The fraction of sp³-hybridized carbons (Fsp3) is 0.333. The van der Waals surface area contributed by atoms with E-state index in [9.17, 15) is 13.6 Å². The van der Waals surface area contributed by atoms with Crippen molar-refractivity contribution in [2.24, 2.45) is 0 Å². The third-order valence-electron chi connectivity index (χ3n) is 6.53. The molecule has 2 fully saturated rings. The molecule has 3 aromatic heterocycles. The van der Waals surface area contributed by atoms with Gasteiger partial charge in [0.15, 0.2) is 0 Å². The average molecular weight is 479 g/mol. The van der Waals surface area contributed by atoms with Gasteiger partial charge in [-0.15, -0.1) is 0 Å². The first-order valence-corrected chi connectivity index (χ1v) is 11.5. The van der Waals surface area contributed by atoms with E-state index in [-0.39, 0.29) is 23.0 Å². The second-order valence-corrected chi connectivity index (χ2v) is 8.89. The molecule has 4 heterocycles. The summed E-state index contributed by atoms with van der Waals surface area (Å²) >= 11 is 0. The third-order valence-corrected chi connectivity index (χ3v) is 6.53. The van der Waals surface area contributed by atoms with Gasteiger partial charge in [-0.3, -0.25) is 9.20 Å². The van der Waals surface area contributed by atoms with E-state index in [0.29, 0.717) is 23.3 Å². The Bertz CT molecular complexity index is 1430. The highest BCUT2D eigenvalue weighted by molar-refractivity contribution is 6.04. The number of piperazine rings is 1. The molecule has 0 bridgehead atoms. The molecule has 2 atom stereocenters. The van der Waals surface area contributed by atoms with Crippen molar-refractivity contribution in [3.63, 3.8) is 0 Å². The number of pyridine rings is 1. The third kappa shape index (κ3) is 4.01. The zero-order valence-corrected chi connectivity index (χ0v) is 19.0. The number of fused-ring (bicyclic) bond motifs is 1. The van der Waals surface area contributed by atoms with Crippen LogP contribution in [-0.2, 0) is 0 Å². The molecule has 180 valence electrons. The lowest BCUT2D eigenvalue weighted by atomic mass is 10.1. The zero-order valence-electron chi connectivity index (χ0n) is 19.0. The molecular formula is C24H23F2N7O2. The van der Waals surface area contributed by atoms with Crippen LogP contribution in [0.15, 0.2) is 41.2 Å².